The average molecular weight is 194 g/mol. The fraction of sp³-hybridized carbons (Fsp3) is 0.583. The van der Waals surface area contributed by atoms with Crippen LogP contribution in [-0.4, -0.2) is 5.78 Å². The van der Waals surface area contributed by atoms with Gasteiger partial charge in [-0.25, -0.2) is 0 Å². The van der Waals surface area contributed by atoms with Gasteiger partial charge in [-0.15, -0.1) is 0 Å². The number of carbonyl (C=O) groups excluding carboxylic acids is 1. The van der Waals surface area contributed by atoms with Gasteiger partial charge in [0.25, 0.3) is 0 Å². The molecule has 0 saturated carbocycles. The molecule has 0 saturated heterocycles. The van der Waals surface area contributed by atoms with E-state index in [1.807, 2.05) is 20.8 Å². The molecule has 0 aliphatic heterocycles. The molecule has 1 rings (SSSR count). The highest BCUT2D eigenvalue weighted by molar-refractivity contribution is 5.98. The molecule has 0 atom stereocenters. The lowest BCUT2D eigenvalue weighted by molar-refractivity contribution is 0.0979. The minimum Gasteiger partial charge on any atom is -0.466 e. The minimum atomic E-state index is 0.221. The molecule has 0 fully saturated rings. The van der Waals surface area contributed by atoms with E-state index in [0.29, 0.717) is 6.42 Å². The first-order chi connectivity index (χ1) is 6.61. The van der Waals surface area contributed by atoms with E-state index in [0.717, 1.165) is 35.5 Å². The number of ketones is 1. The Kier molecular flexibility index (Phi) is 3.50. The summed E-state index contributed by atoms with van der Waals surface area (Å²) in [7, 11) is 0. The second-order valence-electron chi connectivity index (χ2n) is 3.59. The SMILES string of the molecule is CCCC(=O)c1c(C)oc(C)c1CC. The summed E-state index contributed by atoms with van der Waals surface area (Å²) in [6, 6.07) is 0. The van der Waals surface area contributed by atoms with E-state index in [1.54, 1.807) is 0 Å². The first kappa shape index (κ1) is 11.0. The van der Waals surface area contributed by atoms with Crippen LogP contribution in [0.25, 0.3) is 0 Å². The average Bonchev–Trinajstić information content (AvgIpc) is 2.40. The van der Waals surface area contributed by atoms with Crippen molar-refractivity contribution >= 4 is 5.78 Å². The Morgan fingerprint density at radius 3 is 2.36 bits per heavy atom. The maximum Gasteiger partial charge on any atom is 0.166 e. The van der Waals surface area contributed by atoms with Crippen LogP contribution in [0.5, 0.6) is 0 Å². The van der Waals surface area contributed by atoms with Crippen LogP contribution in [-0.2, 0) is 6.42 Å². The van der Waals surface area contributed by atoms with E-state index >= 15 is 0 Å². The van der Waals surface area contributed by atoms with Crippen LogP contribution in [0.1, 0.15) is 54.1 Å². The number of carbonyl (C=O) groups is 1. The third kappa shape index (κ3) is 1.89. The predicted octanol–water partition coefficient (Wildman–Crippen LogP) is 3.44. The van der Waals surface area contributed by atoms with Crippen LogP contribution < -0.4 is 0 Å². The molecule has 1 aromatic heterocycles. The van der Waals surface area contributed by atoms with Crippen LogP contribution in [0.2, 0.25) is 0 Å². The van der Waals surface area contributed by atoms with Crippen molar-refractivity contribution in [3.63, 3.8) is 0 Å². The molecule has 0 N–H and O–H groups in total. The van der Waals surface area contributed by atoms with E-state index in [-0.39, 0.29) is 5.78 Å². The Labute approximate surface area is 85.3 Å². The highest BCUT2D eigenvalue weighted by Gasteiger charge is 2.18. The van der Waals surface area contributed by atoms with Gasteiger partial charge in [-0.2, -0.15) is 0 Å². The maximum absolute atomic E-state index is 11.8. The first-order valence-corrected chi connectivity index (χ1v) is 5.23. The Bertz CT molecular complexity index is 334. The summed E-state index contributed by atoms with van der Waals surface area (Å²) >= 11 is 0. The van der Waals surface area contributed by atoms with Crippen molar-refractivity contribution in [2.75, 3.05) is 0 Å². The molecule has 0 bridgehead atoms. The van der Waals surface area contributed by atoms with Crippen LogP contribution in [0.15, 0.2) is 4.42 Å². The third-order valence-electron chi connectivity index (χ3n) is 2.49. The summed E-state index contributed by atoms with van der Waals surface area (Å²) in [4.78, 5) is 11.8. The molecular weight excluding hydrogens is 176 g/mol. The van der Waals surface area contributed by atoms with E-state index in [9.17, 15) is 4.79 Å². The van der Waals surface area contributed by atoms with Gasteiger partial charge in [-0.1, -0.05) is 13.8 Å². The lowest BCUT2D eigenvalue weighted by Crippen LogP contribution is -2.02. The predicted molar refractivity (Wildman–Crippen MR) is 56.8 cm³/mol. The summed E-state index contributed by atoms with van der Waals surface area (Å²) in [5.41, 5.74) is 1.91. The van der Waals surface area contributed by atoms with Crippen molar-refractivity contribution in [2.24, 2.45) is 0 Å². The van der Waals surface area contributed by atoms with Crippen molar-refractivity contribution in [1.29, 1.82) is 0 Å². The number of hydrogen-bond acceptors (Lipinski definition) is 2. The monoisotopic (exact) mass is 194 g/mol. The lowest BCUT2D eigenvalue weighted by atomic mass is 10.0. The van der Waals surface area contributed by atoms with Crippen molar-refractivity contribution in [2.45, 2.75) is 47.0 Å². The van der Waals surface area contributed by atoms with E-state index in [4.69, 9.17) is 4.42 Å². The molecule has 0 unspecified atom stereocenters. The van der Waals surface area contributed by atoms with E-state index in [2.05, 4.69) is 6.92 Å². The largest absolute Gasteiger partial charge is 0.466 e. The topological polar surface area (TPSA) is 30.2 Å². The van der Waals surface area contributed by atoms with Gasteiger partial charge in [0.15, 0.2) is 5.78 Å². The summed E-state index contributed by atoms with van der Waals surface area (Å²) < 4.78 is 5.48. The number of hydrogen-bond donors (Lipinski definition) is 0. The van der Waals surface area contributed by atoms with Gasteiger partial charge < -0.3 is 4.42 Å². The molecule has 14 heavy (non-hydrogen) atoms. The number of aryl methyl sites for hydroxylation is 2. The zero-order chi connectivity index (χ0) is 10.7. The summed E-state index contributed by atoms with van der Waals surface area (Å²) in [6.07, 6.45) is 2.38. The van der Waals surface area contributed by atoms with E-state index in [1.165, 1.54) is 0 Å². The molecule has 0 aliphatic rings. The number of furan rings is 1. The summed E-state index contributed by atoms with van der Waals surface area (Å²) in [5.74, 6) is 1.89. The Balaban J connectivity index is 3.11. The molecule has 0 aromatic carbocycles. The Morgan fingerprint density at radius 1 is 1.21 bits per heavy atom. The van der Waals surface area contributed by atoms with Gasteiger partial charge in [0, 0.05) is 12.0 Å². The molecule has 0 radical (unpaired) electrons. The molecule has 1 aromatic rings. The second kappa shape index (κ2) is 4.45. The normalized spacial score (nSPS) is 10.6. The maximum atomic E-state index is 11.8. The molecule has 2 nitrogen and oxygen atoms in total. The van der Waals surface area contributed by atoms with Crippen LogP contribution in [0.3, 0.4) is 0 Å². The van der Waals surface area contributed by atoms with Crippen LogP contribution in [0, 0.1) is 13.8 Å². The van der Waals surface area contributed by atoms with Gasteiger partial charge in [0.2, 0.25) is 0 Å². The van der Waals surface area contributed by atoms with Crippen molar-refractivity contribution in [3.8, 4) is 0 Å². The molecule has 1 heterocycles. The van der Waals surface area contributed by atoms with Gasteiger partial charge in [0.05, 0.1) is 5.56 Å². The fourth-order valence-corrected chi connectivity index (χ4v) is 1.87. The molecule has 0 amide bonds. The lowest BCUT2D eigenvalue weighted by Gasteiger charge is -2.00. The van der Waals surface area contributed by atoms with Crippen molar-refractivity contribution < 1.29 is 9.21 Å². The van der Waals surface area contributed by atoms with Gasteiger partial charge in [0.1, 0.15) is 11.5 Å². The highest BCUT2D eigenvalue weighted by Crippen LogP contribution is 2.23. The second-order valence-corrected chi connectivity index (χ2v) is 3.59. The Morgan fingerprint density at radius 2 is 1.86 bits per heavy atom. The van der Waals surface area contributed by atoms with E-state index < -0.39 is 0 Å². The Hall–Kier alpha value is -1.05. The van der Waals surface area contributed by atoms with Crippen LogP contribution >= 0.6 is 0 Å². The molecular formula is C12H18O2. The molecule has 0 aliphatic carbocycles. The molecule has 78 valence electrons. The highest BCUT2D eigenvalue weighted by atomic mass is 16.3. The number of rotatable bonds is 4. The molecule has 0 spiro atoms. The first-order valence-electron chi connectivity index (χ1n) is 5.23. The van der Waals surface area contributed by atoms with Gasteiger partial charge >= 0.3 is 0 Å². The van der Waals surface area contributed by atoms with Crippen molar-refractivity contribution in [1.82, 2.24) is 0 Å². The summed E-state index contributed by atoms with van der Waals surface area (Å²) in [6.45, 7) is 7.87. The smallest absolute Gasteiger partial charge is 0.166 e. The van der Waals surface area contributed by atoms with Gasteiger partial charge in [-0.05, 0) is 26.7 Å². The summed E-state index contributed by atoms with van der Waals surface area (Å²) in [5, 5.41) is 0. The van der Waals surface area contributed by atoms with Crippen molar-refractivity contribution in [3.05, 3.63) is 22.6 Å². The minimum absolute atomic E-state index is 0.221. The van der Waals surface area contributed by atoms with Crippen LogP contribution in [0.4, 0.5) is 0 Å². The zero-order valence-electron chi connectivity index (χ0n) is 9.44. The standard InChI is InChI=1S/C12H18O2/c1-5-7-11(13)12-9(4)14-8(3)10(12)6-2/h5-7H2,1-4H3. The van der Waals surface area contributed by atoms with Gasteiger partial charge in [-0.3, -0.25) is 4.79 Å². The molecule has 2 heteroatoms. The third-order valence-corrected chi connectivity index (χ3v) is 2.49. The quantitative estimate of drug-likeness (QED) is 0.687. The number of Topliss-reactive ketones (excluding diaryl/α,β-unsaturated/α-hetero) is 1. The zero-order valence-corrected chi connectivity index (χ0v) is 9.44. The fourth-order valence-electron chi connectivity index (χ4n) is 1.87.